The fraction of sp³-hybridized carbons (Fsp3) is 0.304. The third kappa shape index (κ3) is 4.35. The molecule has 0 bridgehead atoms. The minimum atomic E-state index is 0.231. The number of hydrogen-bond donors (Lipinski definition) is 2. The van der Waals surface area contributed by atoms with Gasteiger partial charge in [0.25, 0.3) is 0 Å². The topological polar surface area (TPSA) is 92.8 Å². The number of para-hydroxylation sites is 2. The van der Waals surface area contributed by atoms with Crippen LogP contribution in [0.1, 0.15) is 41.7 Å². The minimum absolute atomic E-state index is 0.231. The summed E-state index contributed by atoms with van der Waals surface area (Å²) in [4.78, 5) is 20.7. The van der Waals surface area contributed by atoms with Crippen LogP contribution in [0.4, 0.5) is 17.6 Å². The van der Waals surface area contributed by atoms with Gasteiger partial charge in [-0.3, -0.25) is 4.90 Å². The van der Waals surface area contributed by atoms with Crippen LogP contribution in [0.3, 0.4) is 0 Å². The first-order valence-electron chi connectivity index (χ1n) is 10.6. The molecular weight excluding hydrogens is 406 g/mol. The molecule has 1 fully saturated rings. The lowest BCUT2D eigenvalue weighted by Crippen LogP contribution is -2.33. The standard InChI is InChI=1S/C23H25N7S/c1-15-8-2-3-9-16(15)26-23-28-20(27-22(24)29-23)14-30-13-7-6-11-18(30)21-25-17-10-4-5-12-19(17)31-21/h2-5,8-10,12,18H,6-7,11,13-14H2,1H3,(H3,24,26,27,28,29)/t18-/m1/s1. The van der Waals surface area contributed by atoms with Gasteiger partial charge in [0.15, 0.2) is 0 Å². The van der Waals surface area contributed by atoms with Crippen LogP contribution in [0, 0.1) is 6.92 Å². The van der Waals surface area contributed by atoms with Gasteiger partial charge in [-0.2, -0.15) is 15.0 Å². The zero-order chi connectivity index (χ0) is 21.2. The molecule has 0 unspecified atom stereocenters. The zero-order valence-corrected chi connectivity index (χ0v) is 18.3. The van der Waals surface area contributed by atoms with E-state index >= 15 is 0 Å². The summed E-state index contributed by atoms with van der Waals surface area (Å²) >= 11 is 1.78. The van der Waals surface area contributed by atoms with Crippen molar-refractivity contribution in [3.63, 3.8) is 0 Å². The maximum absolute atomic E-state index is 6.02. The Morgan fingerprint density at radius 1 is 1.03 bits per heavy atom. The number of thiazole rings is 1. The van der Waals surface area contributed by atoms with Crippen LogP contribution in [0.2, 0.25) is 0 Å². The molecule has 1 aliphatic rings. The molecule has 2 aromatic carbocycles. The van der Waals surface area contributed by atoms with E-state index in [2.05, 4.69) is 43.4 Å². The molecule has 1 aliphatic heterocycles. The number of aryl methyl sites for hydroxylation is 1. The fourth-order valence-electron chi connectivity index (χ4n) is 4.07. The van der Waals surface area contributed by atoms with E-state index in [-0.39, 0.29) is 12.0 Å². The molecule has 0 radical (unpaired) electrons. The number of rotatable bonds is 5. The summed E-state index contributed by atoms with van der Waals surface area (Å²) in [5, 5.41) is 4.45. The van der Waals surface area contributed by atoms with Crippen LogP contribution in [-0.2, 0) is 6.54 Å². The van der Waals surface area contributed by atoms with Crippen molar-refractivity contribution in [3.8, 4) is 0 Å². The van der Waals surface area contributed by atoms with Crippen LogP contribution in [0.15, 0.2) is 48.5 Å². The summed E-state index contributed by atoms with van der Waals surface area (Å²) in [6, 6.07) is 16.6. The van der Waals surface area contributed by atoms with Crippen molar-refractivity contribution >= 4 is 39.1 Å². The summed E-state index contributed by atoms with van der Waals surface area (Å²) in [5.74, 6) is 1.39. The first-order valence-corrected chi connectivity index (χ1v) is 11.4. The average Bonchev–Trinajstić information content (AvgIpc) is 3.19. The molecule has 4 aromatic rings. The van der Waals surface area contributed by atoms with Gasteiger partial charge in [0.1, 0.15) is 10.8 Å². The number of hydrogen-bond acceptors (Lipinski definition) is 8. The zero-order valence-electron chi connectivity index (χ0n) is 17.5. The predicted molar refractivity (Wildman–Crippen MR) is 125 cm³/mol. The van der Waals surface area contributed by atoms with Crippen molar-refractivity contribution in [2.24, 2.45) is 0 Å². The Morgan fingerprint density at radius 2 is 1.87 bits per heavy atom. The van der Waals surface area contributed by atoms with Crippen molar-refractivity contribution in [1.29, 1.82) is 0 Å². The molecule has 158 valence electrons. The molecule has 1 saturated heterocycles. The lowest BCUT2D eigenvalue weighted by Gasteiger charge is -2.33. The number of nitrogens with one attached hydrogen (secondary N) is 1. The van der Waals surface area contributed by atoms with Crippen LogP contribution >= 0.6 is 11.3 Å². The summed E-state index contributed by atoms with van der Waals surface area (Å²) in [7, 11) is 0. The van der Waals surface area contributed by atoms with Crippen LogP contribution in [0.5, 0.6) is 0 Å². The first-order chi connectivity index (χ1) is 15.2. The minimum Gasteiger partial charge on any atom is -0.368 e. The van der Waals surface area contributed by atoms with E-state index in [4.69, 9.17) is 10.7 Å². The second-order valence-corrected chi connectivity index (χ2v) is 8.94. The number of nitrogen functional groups attached to an aromatic ring is 1. The number of likely N-dealkylation sites (tertiary alicyclic amines) is 1. The Labute approximate surface area is 185 Å². The van der Waals surface area contributed by atoms with Gasteiger partial charge in [0, 0.05) is 5.69 Å². The van der Waals surface area contributed by atoms with Gasteiger partial charge in [-0.15, -0.1) is 11.3 Å². The highest BCUT2D eigenvalue weighted by Crippen LogP contribution is 2.36. The van der Waals surface area contributed by atoms with Gasteiger partial charge in [0.2, 0.25) is 11.9 Å². The van der Waals surface area contributed by atoms with E-state index in [9.17, 15) is 0 Å². The Kier molecular flexibility index (Phi) is 5.48. The highest BCUT2D eigenvalue weighted by Gasteiger charge is 2.27. The predicted octanol–water partition coefficient (Wildman–Crippen LogP) is 4.84. The van der Waals surface area contributed by atoms with Crippen molar-refractivity contribution in [3.05, 3.63) is 64.9 Å². The van der Waals surface area contributed by atoms with Crippen LogP contribution in [-0.4, -0.2) is 31.4 Å². The molecule has 0 aliphatic carbocycles. The van der Waals surface area contributed by atoms with Gasteiger partial charge >= 0.3 is 0 Å². The van der Waals surface area contributed by atoms with Gasteiger partial charge in [-0.25, -0.2) is 4.98 Å². The molecule has 7 nitrogen and oxygen atoms in total. The van der Waals surface area contributed by atoms with Crippen LogP contribution in [0.25, 0.3) is 10.2 Å². The van der Waals surface area contributed by atoms with E-state index in [1.165, 1.54) is 16.1 Å². The lowest BCUT2D eigenvalue weighted by molar-refractivity contribution is 0.137. The van der Waals surface area contributed by atoms with Gasteiger partial charge in [0.05, 0.1) is 22.8 Å². The van der Waals surface area contributed by atoms with Crippen molar-refractivity contribution in [2.75, 3.05) is 17.6 Å². The molecule has 0 amide bonds. The summed E-state index contributed by atoms with van der Waals surface area (Å²) < 4.78 is 1.23. The van der Waals surface area contributed by atoms with E-state index in [0.717, 1.165) is 36.2 Å². The smallest absolute Gasteiger partial charge is 0.232 e. The number of anilines is 3. The first kappa shape index (κ1) is 19.8. The fourth-order valence-corrected chi connectivity index (χ4v) is 5.21. The lowest BCUT2D eigenvalue weighted by atomic mass is 10.0. The average molecular weight is 432 g/mol. The second kappa shape index (κ2) is 8.56. The molecule has 3 heterocycles. The van der Waals surface area contributed by atoms with Gasteiger partial charge in [-0.1, -0.05) is 36.8 Å². The molecule has 0 spiro atoms. The number of fused-ring (bicyclic) bond motifs is 1. The van der Waals surface area contributed by atoms with E-state index < -0.39 is 0 Å². The third-order valence-corrected chi connectivity index (χ3v) is 6.78. The highest BCUT2D eigenvalue weighted by molar-refractivity contribution is 7.18. The highest BCUT2D eigenvalue weighted by atomic mass is 32.1. The Hall–Kier alpha value is -3.10. The molecule has 3 N–H and O–H groups in total. The Balaban J connectivity index is 1.39. The summed E-state index contributed by atoms with van der Waals surface area (Å²) in [6.07, 6.45) is 3.46. The number of nitrogens with two attached hydrogens (primary N) is 1. The van der Waals surface area contributed by atoms with Crippen molar-refractivity contribution in [1.82, 2.24) is 24.8 Å². The Morgan fingerprint density at radius 3 is 2.74 bits per heavy atom. The molecule has 8 heteroatoms. The number of piperidine rings is 1. The normalized spacial score (nSPS) is 17.1. The molecular formula is C23H25N7S. The second-order valence-electron chi connectivity index (χ2n) is 7.88. The monoisotopic (exact) mass is 431 g/mol. The third-order valence-electron chi connectivity index (χ3n) is 5.64. The summed E-state index contributed by atoms with van der Waals surface area (Å²) in [6.45, 7) is 3.66. The number of benzene rings is 2. The van der Waals surface area contributed by atoms with E-state index in [1.54, 1.807) is 11.3 Å². The number of aromatic nitrogens is 4. The van der Waals surface area contributed by atoms with Crippen molar-refractivity contribution < 1.29 is 0 Å². The maximum Gasteiger partial charge on any atom is 0.232 e. The Bertz CT molecular complexity index is 1170. The SMILES string of the molecule is Cc1ccccc1Nc1nc(N)nc(CN2CCCC[C@@H]2c2nc3ccccc3s2)n1. The maximum atomic E-state index is 6.02. The number of nitrogens with zero attached hydrogens (tertiary/aromatic N) is 5. The largest absolute Gasteiger partial charge is 0.368 e. The molecule has 31 heavy (non-hydrogen) atoms. The van der Waals surface area contributed by atoms with Gasteiger partial charge in [-0.05, 0) is 50.1 Å². The quantitative estimate of drug-likeness (QED) is 0.467. The van der Waals surface area contributed by atoms with Gasteiger partial charge < -0.3 is 11.1 Å². The van der Waals surface area contributed by atoms with Crippen LogP contribution < -0.4 is 11.1 Å². The molecule has 1 atom stereocenters. The van der Waals surface area contributed by atoms with E-state index in [0.29, 0.717) is 18.3 Å². The van der Waals surface area contributed by atoms with Crippen molar-refractivity contribution in [2.45, 2.75) is 38.8 Å². The molecule has 5 rings (SSSR count). The van der Waals surface area contributed by atoms with E-state index in [1.807, 2.05) is 37.3 Å². The molecule has 0 saturated carbocycles. The molecule has 2 aromatic heterocycles. The summed E-state index contributed by atoms with van der Waals surface area (Å²) in [5.41, 5.74) is 9.18.